The van der Waals surface area contributed by atoms with E-state index in [0.29, 0.717) is 18.9 Å². The van der Waals surface area contributed by atoms with Gasteiger partial charge in [0.15, 0.2) is 0 Å². The molecule has 1 aromatic rings. The van der Waals surface area contributed by atoms with E-state index in [4.69, 9.17) is 5.11 Å². The van der Waals surface area contributed by atoms with Crippen LogP contribution in [0.1, 0.15) is 26.2 Å². The summed E-state index contributed by atoms with van der Waals surface area (Å²) in [7, 11) is 0. The van der Waals surface area contributed by atoms with Gasteiger partial charge in [0, 0.05) is 31.8 Å². The maximum atomic E-state index is 11.1. The number of aliphatic carboxylic acids is 1. The number of carbonyl (C=O) groups is 1. The van der Waals surface area contributed by atoms with E-state index in [2.05, 4.69) is 4.98 Å². The summed E-state index contributed by atoms with van der Waals surface area (Å²) in [5.74, 6) is -0.150. The van der Waals surface area contributed by atoms with Gasteiger partial charge in [-0.25, -0.2) is 4.98 Å². The first-order valence-corrected chi connectivity index (χ1v) is 7.05. The topological polar surface area (TPSA) is 96.6 Å². The van der Waals surface area contributed by atoms with Crippen molar-refractivity contribution in [3.63, 3.8) is 0 Å². The Kier molecular flexibility index (Phi) is 4.72. The molecule has 2 rings (SSSR count). The van der Waals surface area contributed by atoms with E-state index in [9.17, 15) is 14.9 Å². The Morgan fingerprint density at radius 2 is 2.43 bits per heavy atom. The number of nitro groups is 1. The lowest BCUT2D eigenvalue weighted by Gasteiger charge is -2.35. The van der Waals surface area contributed by atoms with Gasteiger partial charge in [-0.05, 0) is 30.7 Å². The van der Waals surface area contributed by atoms with Gasteiger partial charge in [-0.2, -0.15) is 0 Å². The quantitative estimate of drug-likeness (QED) is 0.661. The van der Waals surface area contributed by atoms with Crippen molar-refractivity contribution in [1.82, 2.24) is 4.98 Å². The number of pyridine rings is 1. The SMILES string of the molecule is CC(CC(=O)O)C1CCCN(c2ncccc2[N+](=O)[O-])C1. The summed E-state index contributed by atoms with van der Waals surface area (Å²) in [5, 5.41) is 20.0. The molecule has 1 N–H and O–H groups in total. The summed E-state index contributed by atoms with van der Waals surface area (Å²) >= 11 is 0. The number of nitrogens with zero attached hydrogens (tertiary/aromatic N) is 3. The monoisotopic (exact) mass is 293 g/mol. The predicted octanol–water partition coefficient (Wildman–Crippen LogP) is 2.32. The van der Waals surface area contributed by atoms with Crippen LogP contribution in [0.2, 0.25) is 0 Å². The second kappa shape index (κ2) is 6.51. The molecule has 0 saturated carbocycles. The highest BCUT2D eigenvalue weighted by Gasteiger charge is 2.29. The maximum Gasteiger partial charge on any atom is 0.311 e. The number of hydrogen-bond acceptors (Lipinski definition) is 5. The highest BCUT2D eigenvalue weighted by molar-refractivity contribution is 5.67. The van der Waals surface area contributed by atoms with Crippen molar-refractivity contribution in [2.24, 2.45) is 11.8 Å². The molecule has 1 saturated heterocycles. The van der Waals surface area contributed by atoms with Crippen molar-refractivity contribution in [1.29, 1.82) is 0 Å². The number of hydrogen-bond donors (Lipinski definition) is 1. The lowest BCUT2D eigenvalue weighted by Crippen LogP contribution is -2.39. The first-order valence-electron chi connectivity index (χ1n) is 7.05. The molecule has 0 amide bonds. The number of rotatable bonds is 5. The Bertz CT molecular complexity index is 535. The molecule has 0 spiro atoms. The fourth-order valence-corrected chi connectivity index (χ4v) is 2.88. The zero-order valence-electron chi connectivity index (χ0n) is 11.9. The average Bonchev–Trinajstić information content (AvgIpc) is 2.46. The molecule has 7 nitrogen and oxygen atoms in total. The van der Waals surface area contributed by atoms with Gasteiger partial charge >= 0.3 is 11.7 Å². The van der Waals surface area contributed by atoms with E-state index in [-0.39, 0.29) is 23.9 Å². The van der Waals surface area contributed by atoms with Crippen molar-refractivity contribution in [3.05, 3.63) is 28.4 Å². The van der Waals surface area contributed by atoms with Gasteiger partial charge < -0.3 is 10.0 Å². The summed E-state index contributed by atoms with van der Waals surface area (Å²) in [6, 6.07) is 3.00. The molecule has 1 fully saturated rings. The molecule has 7 heteroatoms. The Hall–Kier alpha value is -2.18. The van der Waals surface area contributed by atoms with Gasteiger partial charge in [-0.15, -0.1) is 0 Å². The third-order valence-corrected chi connectivity index (χ3v) is 4.02. The number of carboxylic acids is 1. The smallest absolute Gasteiger partial charge is 0.311 e. The minimum atomic E-state index is -0.802. The largest absolute Gasteiger partial charge is 0.481 e. The second-order valence-electron chi connectivity index (χ2n) is 5.53. The molecule has 0 aliphatic carbocycles. The first-order chi connectivity index (χ1) is 9.99. The standard InChI is InChI=1S/C14H19N3O4/c1-10(8-13(18)19)11-4-3-7-16(9-11)14-12(17(20)21)5-2-6-15-14/h2,5-6,10-11H,3-4,7-9H2,1H3,(H,18,19). The molecule has 114 valence electrons. The van der Waals surface area contributed by atoms with Gasteiger partial charge in [0.1, 0.15) is 0 Å². The third kappa shape index (κ3) is 3.68. The van der Waals surface area contributed by atoms with Crippen molar-refractivity contribution in [2.45, 2.75) is 26.2 Å². The van der Waals surface area contributed by atoms with E-state index in [1.807, 2.05) is 11.8 Å². The Labute approximate surface area is 122 Å². The minimum absolute atomic E-state index is 0.00374. The van der Waals surface area contributed by atoms with E-state index < -0.39 is 10.9 Å². The first kappa shape index (κ1) is 15.2. The third-order valence-electron chi connectivity index (χ3n) is 4.02. The molecule has 2 unspecified atom stereocenters. The summed E-state index contributed by atoms with van der Waals surface area (Å²) < 4.78 is 0. The van der Waals surface area contributed by atoms with E-state index in [1.54, 1.807) is 12.3 Å². The van der Waals surface area contributed by atoms with Crippen LogP contribution in [0.15, 0.2) is 18.3 Å². The zero-order valence-corrected chi connectivity index (χ0v) is 11.9. The molecule has 2 atom stereocenters. The second-order valence-corrected chi connectivity index (χ2v) is 5.53. The van der Waals surface area contributed by atoms with Crippen LogP contribution in [0.3, 0.4) is 0 Å². The molecule has 1 aliphatic heterocycles. The van der Waals surface area contributed by atoms with Gasteiger partial charge in [0.05, 0.1) is 4.92 Å². The van der Waals surface area contributed by atoms with Crippen molar-refractivity contribution in [3.8, 4) is 0 Å². The van der Waals surface area contributed by atoms with Crippen LogP contribution in [-0.4, -0.2) is 34.1 Å². The summed E-state index contributed by atoms with van der Waals surface area (Å²) in [5.41, 5.74) is 0.00374. The number of anilines is 1. The van der Waals surface area contributed by atoms with Crippen molar-refractivity contribution < 1.29 is 14.8 Å². The Balaban J connectivity index is 2.14. The van der Waals surface area contributed by atoms with Crippen LogP contribution in [0, 0.1) is 22.0 Å². The fraction of sp³-hybridized carbons (Fsp3) is 0.571. The van der Waals surface area contributed by atoms with Crippen LogP contribution in [0.25, 0.3) is 0 Å². The normalized spacial score (nSPS) is 20.0. The van der Waals surface area contributed by atoms with E-state index >= 15 is 0 Å². The molecule has 0 aromatic carbocycles. The van der Waals surface area contributed by atoms with Crippen LogP contribution in [-0.2, 0) is 4.79 Å². The number of carboxylic acid groups (broad SMARTS) is 1. The summed E-state index contributed by atoms with van der Waals surface area (Å²) in [4.78, 5) is 27.5. The Morgan fingerprint density at radius 3 is 3.10 bits per heavy atom. The summed E-state index contributed by atoms with van der Waals surface area (Å²) in [6.07, 6.45) is 3.52. The minimum Gasteiger partial charge on any atom is -0.481 e. The molecule has 0 radical (unpaired) electrons. The van der Waals surface area contributed by atoms with Crippen molar-refractivity contribution >= 4 is 17.5 Å². The van der Waals surface area contributed by atoms with Crippen molar-refractivity contribution in [2.75, 3.05) is 18.0 Å². The zero-order chi connectivity index (χ0) is 15.4. The lowest BCUT2D eigenvalue weighted by atomic mass is 9.84. The predicted molar refractivity (Wildman–Crippen MR) is 77.2 cm³/mol. The highest BCUT2D eigenvalue weighted by Crippen LogP contribution is 2.32. The molecular formula is C14H19N3O4. The fourth-order valence-electron chi connectivity index (χ4n) is 2.88. The van der Waals surface area contributed by atoms with E-state index in [0.717, 1.165) is 12.8 Å². The Morgan fingerprint density at radius 1 is 1.67 bits per heavy atom. The van der Waals surface area contributed by atoms with Gasteiger partial charge in [0.25, 0.3) is 0 Å². The number of aromatic nitrogens is 1. The van der Waals surface area contributed by atoms with Gasteiger partial charge in [-0.3, -0.25) is 14.9 Å². The van der Waals surface area contributed by atoms with Crippen LogP contribution >= 0.6 is 0 Å². The molecule has 1 aliphatic rings. The molecular weight excluding hydrogens is 274 g/mol. The van der Waals surface area contributed by atoms with Gasteiger partial charge in [-0.1, -0.05) is 6.92 Å². The maximum absolute atomic E-state index is 11.1. The van der Waals surface area contributed by atoms with Gasteiger partial charge in [0.2, 0.25) is 5.82 Å². The number of piperidine rings is 1. The molecule has 1 aromatic heterocycles. The van der Waals surface area contributed by atoms with E-state index in [1.165, 1.54) is 6.07 Å². The summed E-state index contributed by atoms with van der Waals surface area (Å²) in [6.45, 7) is 3.26. The average molecular weight is 293 g/mol. The lowest BCUT2D eigenvalue weighted by molar-refractivity contribution is -0.384. The molecule has 0 bridgehead atoms. The van der Waals surface area contributed by atoms with Crippen LogP contribution < -0.4 is 4.90 Å². The van der Waals surface area contributed by atoms with Crippen LogP contribution in [0.5, 0.6) is 0 Å². The molecule has 2 heterocycles. The van der Waals surface area contributed by atoms with Crippen LogP contribution in [0.4, 0.5) is 11.5 Å². The molecule has 21 heavy (non-hydrogen) atoms. The highest BCUT2D eigenvalue weighted by atomic mass is 16.6.